The van der Waals surface area contributed by atoms with Crippen molar-refractivity contribution in [1.29, 1.82) is 0 Å². The van der Waals surface area contributed by atoms with E-state index in [1.165, 1.54) is 18.1 Å². The topological polar surface area (TPSA) is 108 Å². The normalized spacial score (nSPS) is 11.4. The number of aryl methyl sites for hydroxylation is 1. The van der Waals surface area contributed by atoms with Gasteiger partial charge in [0.1, 0.15) is 11.6 Å². The number of likely N-dealkylation sites (N-methyl/N-ethyl adjacent to an activating group) is 1. The Labute approximate surface area is 221 Å². The number of para-hydroxylation sites is 1. The Balaban J connectivity index is 1.64. The maximum absolute atomic E-state index is 14.4. The number of aliphatic carboxylic acids is 1. The van der Waals surface area contributed by atoms with E-state index in [1.54, 1.807) is 50.4 Å². The Morgan fingerprint density at radius 3 is 2.37 bits per heavy atom. The first-order valence-corrected chi connectivity index (χ1v) is 12.1. The Hall–Kier alpha value is -4.40. The molecule has 9 heteroatoms. The summed E-state index contributed by atoms with van der Waals surface area (Å²) >= 11 is 0. The summed E-state index contributed by atoms with van der Waals surface area (Å²) in [6, 6.07) is 16.5. The van der Waals surface area contributed by atoms with Crippen LogP contribution in [0.5, 0.6) is 5.75 Å². The zero-order valence-corrected chi connectivity index (χ0v) is 21.9. The molecular weight excluding hydrogens is 489 g/mol. The molecule has 0 aliphatic carbocycles. The number of nitrogens with zero attached hydrogens (tertiary/aromatic N) is 1. The summed E-state index contributed by atoms with van der Waals surface area (Å²) in [5.74, 6) is -1.84. The first-order chi connectivity index (χ1) is 18.1. The lowest BCUT2D eigenvalue weighted by atomic mass is 9.99. The van der Waals surface area contributed by atoms with E-state index in [0.29, 0.717) is 33.8 Å². The number of carboxylic acid groups (broad SMARTS) is 1. The first-order valence-electron chi connectivity index (χ1n) is 12.1. The monoisotopic (exact) mass is 521 g/mol. The van der Waals surface area contributed by atoms with Crippen LogP contribution in [0, 0.1) is 18.7 Å². The zero-order valence-electron chi connectivity index (χ0n) is 21.9. The van der Waals surface area contributed by atoms with Crippen molar-refractivity contribution < 1.29 is 28.6 Å². The Bertz CT molecular complexity index is 1330. The molecule has 0 aliphatic heterocycles. The van der Waals surface area contributed by atoms with Gasteiger partial charge in [0.2, 0.25) is 5.91 Å². The molecule has 0 fully saturated rings. The highest BCUT2D eigenvalue weighted by molar-refractivity contribution is 6.01. The van der Waals surface area contributed by atoms with E-state index in [0.717, 1.165) is 5.56 Å². The van der Waals surface area contributed by atoms with Crippen LogP contribution in [0.3, 0.4) is 0 Å². The van der Waals surface area contributed by atoms with E-state index < -0.39 is 23.7 Å². The molecule has 0 aromatic heterocycles. The zero-order chi connectivity index (χ0) is 27.8. The number of nitrogens with one attached hydrogen (secondary N) is 2. The molecule has 1 atom stereocenters. The van der Waals surface area contributed by atoms with Gasteiger partial charge >= 0.3 is 12.0 Å². The number of hydrogen-bond acceptors (Lipinski definition) is 4. The largest absolute Gasteiger partial charge is 0.495 e. The number of carboxylic acids is 1. The van der Waals surface area contributed by atoms with Crippen molar-refractivity contribution in [2.75, 3.05) is 24.8 Å². The maximum atomic E-state index is 14.4. The molecular formula is C29H32FN3O5. The fourth-order valence-electron chi connectivity index (χ4n) is 3.91. The molecule has 1 unspecified atom stereocenters. The smallest absolute Gasteiger partial charge is 0.323 e. The van der Waals surface area contributed by atoms with Crippen LogP contribution < -0.4 is 15.4 Å². The van der Waals surface area contributed by atoms with Crippen molar-refractivity contribution in [2.24, 2.45) is 5.92 Å². The first kappa shape index (κ1) is 28.2. The van der Waals surface area contributed by atoms with Gasteiger partial charge in [0.15, 0.2) is 0 Å². The van der Waals surface area contributed by atoms with E-state index in [2.05, 4.69) is 10.6 Å². The van der Waals surface area contributed by atoms with Gasteiger partial charge in [-0.1, -0.05) is 43.3 Å². The van der Waals surface area contributed by atoms with Crippen LogP contribution in [0.2, 0.25) is 0 Å². The summed E-state index contributed by atoms with van der Waals surface area (Å²) < 4.78 is 19.8. The van der Waals surface area contributed by atoms with E-state index in [4.69, 9.17) is 9.84 Å². The third-order valence-corrected chi connectivity index (χ3v) is 6.17. The number of urea groups is 1. The molecule has 3 rings (SSSR count). The molecule has 0 bridgehead atoms. The number of carbonyl (C=O) groups excluding carboxylic acids is 2. The lowest BCUT2D eigenvalue weighted by Gasteiger charge is -2.19. The van der Waals surface area contributed by atoms with Crippen LogP contribution in [0.25, 0.3) is 0 Å². The number of halogens is 1. The second kappa shape index (κ2) is 12.7. The molecule has 38 heavy (non-hydrogen) atoms. The number of anilines is 2. The summed E-state index contributed by atoms with van der Waals surface area (Å²) in [4.78, 5) is 37.9. The second-order valence-electron chi connectivity index (χ2n) is 9.22. The number of carbonyl (C=O) groups is 3. The minimum Gasteiger partial charge on any atom is -0.495 e. The van der Waals surface area contributed by atoms with Crippen LogP contribution in [0.15, 0.2) is 60.7 Å². The molecule has 3 N–H and O–H groups in total. The lowest BCUT2D eigenvalue weighted by Crippen LogP contribution is -2.28. The lowest BCUT2D eigenvalue weighted by molar-refractivity contribution is -0.141. The average molecular weight is 522 g/mol. The maximum Gasteiger partial charge on any atom is 0.323 e. The van der Waals surface area contributed by atoms with Gasteiger partial charge in [-0.3, -0.25) is 9.59 Å². The molecule has 0 aliphatic rings. The van der Waals surface area contributed by atoms with Crippen molar-refractivity contribution in [1.82, 2.24) is 4.90 Å². The van der Waals surface area contributed by atoms with Gasteiger partial charge in [0.05, 0.1) is 25.1 Å². The SMILES string of the molecule is COc1cc(CC(=O)N(C)Cc2cc(CC(C)C(=O)O)ccc2F)ccc1NC(=O)Nc1ccccc1C. The number of ether oxygens (including phenoxy) is 1. The Morgan fingerprint density at radius 2 is 1.68 bits per heavy atom. The number of amides is 3. The molecule has 3 aromatic carbocycles. The van der Waals surface area contributed by atoms with Crippen LogP contribution in [-0.4, -0.2) is 42.1 Å². The van der Waals surface area contributed by atoms with Crippen molar-refractivity contribution in [3.05, 3.63) is 88.7 Å². The summed E-state index contributed by atoms with van der Waals surface area (Å²) in [5, 5.41) is 14.7. The standard InChI is InChI=1S/C29H32FN3O5/c1-18-7-5-6-8-24(18)31-29(37)32-25-12-10-21(15-26(25)38-4)16-27(34)33(3)17-22-14-20(9-11-23(22)30)13-19(2)28(35)36/h5-12,14-15,19H,13,16-17H2,1-4H3,(H,35,36)(H2,31,32,37). The van der Waals surface area contributed by atoms with E-state index in [-0.39, 0.29) is 25.3 Å². The Kier molecular flexibility index (Phi) is 9.43. The summed E-state index contributed by atoms with van der Waals surface area (Å²) in [6.45, 7) is 3.52. The van der Waals surface area contributed by atoms with Crippen LogP contribution in [0.4, 0.5) is 20.6 Å². The van der Waals surface area contributed by atoms with Gasteiger partial charge in [0.25, 0.3) is 0 Å². The van der Waals surface area contributed by atoms with E-state index in [9.17, 15) is 18.8 Å². The molecule has 8 nitrogen and oxygen atoms in total. The molecule has 3 amide bonds. The van der Waals surface area contributed by atoms with Gasteiger partial charge in [-0.2, -0.15) is 0 Å². The fourth-order valence-corrected chi connectivity index (χ4v) is 3.91. The quantitative estimate of drug-likeness (QED) is 0.338. The van der Waals surface area contributed by atoms with Gasteiger partial charge in [-0.25, -0.2) is 9.18 Å². The molecule has 0 radical (unpaired) electrons. The van der Waals surface area contributed by atoms with Crippen molar-refractivity contribution in [3.63, 3.8) is 0 Å². The number of rotatable bonds is 10. The number of methoxy groups -OCH3 is 1. The number of benzene rings is 3. The molecule has 200 valence electrons. The second-order valence-corrected chi connectivity index (χ2v) is 9.22. The summed E-state index contributed by atoms with van der Waals surface area (Å²) in [6.07, 6.45) is 0.309. The van der Waals surface area contributed by atoms with Gasteiger partial charge in [0, 0.05) is 24.8 Å². The van der Waals surface area contributed by atoms with Crippen LogP contribution in [-0.2, 0) is 29.0 Å². The van der Waals surface area contributed by atoms with Crippen LogP contribution >= 0.6 is 0 Å². The predicted octanol–water partition coefficient (Wildman–Crippen LogP) is 5.25. The Morgan fingerprint density at radius 1 is 1.00 bits per heavy atom. The molecule has 0 heterocycles. The third kappa shape index (κ3) is 7.55. The van der Waals surface area contributed by atoms with Crippen LogP contribution in [0.1, 0.15) is 29.2 Å². The van der Waals surface area contributed by atoms with E-state index in [1.807, 2.05) is 25.1 Å². The molecule has 3 aromatic rings. The van der Waals surface area contributed by atoms with Crippen molar-refractivity contribution >= 4 is 29.3 Å². The van der Waals surface area contributed by atoms with Gasteiger partial charge in [-0.15, -0.1) is 0 Å². The molecule has 0 saturated carbocycles. The highest BCUT2D eigenvalue weighted by atomic mass is 19.1. The predicted molar refractivity (Wildman–Crippen MR) is 144 cm³/mol. The third-order valence-electron chi connectivity index (χ3n) is 6.17. The highest BCUT2D eigenvalue weighted by Crippen LogP contribution is 2.27. The minimum absolute atomic E-state index is 0.0375. The molecule has 0 spiro atoms. The minimum atomic E-state index is -0.924. The van der Waals surface area contributed by atoms with E-state index >= 15 is 0 Å². The van der Waals surface area contributed by atoms with Gasteiger partial charge in [-0.05, 0) is 54.3 Å². The van der Waals surface area contributed by atoms with Gasteiger partial charge < -0.3 is 25.4 Å². The highest BCUT2D eigenvalue weighted by Gasteiger charge is 2.17. The molecule has 0 saturated heterocycles. The summed E-state index contributed by atoms with van der Waals surface area (Å²) in [5.41, 5.74) is 3.72. The average Bonchev–Trinajstić information content (AvgIpc) is 2.88. The van der Waals surface area contributed by atoms with Crippen molar-refractivity contribution in [3.8, 4) is 5.75 Å². The van der Waals surface area contributed by atoms with Crippen molar-refractivity contribution in [2.45, 2.75) is 33.2 Å². The summed E-state index contributed by atoms with van der Waals surface area (Å²) in [7, 11) is 3.05. The number of hydrogen-bond donors (Lipinski definition) is 3. The fraction of sp³-hybridized carbons (Fsp3) is 0.276.